The molecule has 0 saturated heterocycles. The number of rotatable bonds is 9. The summed E-state index contributed by atoms with van der Waals surface area (Å²) in [5.41, 5.74) is 1.08. The number of anilines is 1. The van der Waals surface area contributed by atoms with Gasteiger partial charge in [-0.15, -0.1) is 0 Å². The van der Waals surface area contributed by atoms with Crippen molar-refractivity contribution in [2.75, 3.05) is 39.3 Å². The van der Waals surface area contributed by atoms with Gasteiger partial charge in [-0.25, -0.2) is 9.97 Å². The van der Waals surface area contributed by atoms with Crippen LogP contribution in [0.4, 0.5) is 5.82 Å². The number of nitrogens with zero attached hydrogens (tertiary/aromatic N) is 2. The Morgan fingerprint density at radius 2 is 2.00 bits per heavy atom. The molecule has 0 bridgehead atoms. The highest BCUT2D eigenvalue weighted by Crippen LogP contribution is 2.11. The molecule has 0 amide bonds. The third kappa shape index (κ3) is 6.50. The van der Waals surface area contributed by atoms with E-state index in [0.29, 0.717) is 25.7 Å². The molecule has 0 aromatic carbocycles. The van der Waals surface area contributed by atoms with Crippen LogP contribution in [0.15, 0.2) is 6.07 Å². The Labute approximate surface area is 115 Å². The van der Waals surface area contributed by atoms with Gasteiger partial charge in [-0.2, -0.15) is 0 Å². The molecule has 0 saturated carbocycles. The molecule has 1 N–H and O–H groups in total. The Bertz CT molecular complexity index is 370. The molecular formula is C14H25N3O2. The van der Waals surface area contributed by atoms with Crippen molar-refractivity contribution in [3.8, 4) is 0 Å². The molecule has 1 aromatic rings. The fraction of sp³-hybridized carbons (Fsp3) is 0.714. The fourth-order valence-corrected chi connectivity index (χ4v) is 1.72. The van der Waals surface area contributed by atoms with Crippen LogP contribution in [-0.2, 0) is 22.3 Å². The zero-order chi connectivity index (χ0) is 14.1. The van der Waals surface area contributed by atoms with Crippen LogP contribution in [0.2, 0.25) is 0 Å². The van der Waals surface area contributed by atoms with E-state index in [4.69, 9.17) is 9.47 Å². The summed E-state index contributed by atoms with van der Waals surface area (Å²) in [6, 6.07) is 2.01. The second-order valence-corrected chi connectivity index (χ2v) is 4.86. The summed E-state index contributed by atoms with van der Waals surface area (Å²) in [6.45, 7) is 6.23. The Kier molecular flexibility index (Phi) is 7.36. The monoisotopic (exact) mass is 267 g/mol. The minimum Gasteiger partial charge on any atom is -0.382 e. The molecular weight excluding hydrogens is 242 g/mol. The van der Waals surface area contributed by atoms with Crippen molar-refractivity contribution in [2.24, 2.45) is 5.92 Å². The normalized spacial score (nSPS) is 11.0. The van der Waals surface area contributed by atoms with E-state index in [1.807, 2.05) is 13.1 Å². The third-order valence-electron chi connectivity index (χ3n) is 2.60. The minimum atomic E-state index is 0.588. The van der Waals surface area contributed by atoms with Crippen molar-refractivity contribution in [1.82, 2.24) is 9.97 Å². The van der Waals surface area contributed by atoms with Gasteiger partial charge in [0.05, 0.1) is 19.8 Å². The second kappa shape index (κ2) is 8.82. The van der Waals surface area contributed by atoms with Crippen molar-refractivity contribution < 1.29 is 9.47 Å². The molecule has 0 radical (unpaired) electrons. The number of nitrogens with one attached hydrogen (secondary N) is 1. The van der Waals surface area contributed by atoms with E-state index in [-0.39, 0.29) is 0 Å². The van der Waals surface area contributed by atoms with E-state index in [0.717, 1.165) is 30.2 Å². The first-order valence-electron chi connectivity index (χ1n) is 6.77. The van der Waals surface area contributed by atoms with Gasteiger partial charge in [0.1, 0.15) is 11.6 Å². The second-order valence-electron chi connectivity index (χ2n) is 4.86. The highest BCUT2D eigenvalue weighted by atomic mass is 16.5. The van der Waals surface area contributed by atoms with Crippen LogP contribution in [-0.4, -0.2) is 43.9 Å². The lowest BCUT2D eigenvalue weighted by Crippen LogP contribution is -2.10. The predicted octanol–water partition coefficient (Wildman–Crippen LogP) is 1.92. The summed E-state index contributed by atoms with van der Waals surface area (Å²) >= 11 is 0. The summed E-state index contributed by atoms with van der Waals surface area (Å²) in [7, 11) is 3.54. The van der Waals surface area contributed by atoms with Gasteiger partial charge in [0.15, 0.2) is 0 Å². The van der Waals surface area contributed by atoms with Crippen LogP contribution in [0.25, 0.3) is 0 Å². The largest absolute Gasteiger partial charge is 0.382 e. The van der Waals surface area contributed by atoms with E-state index in [2.05, 4.69) is 29.1 Å². The maximum absolute atomic E-state index is 5.45. The lowest BCUT2D eigenvalue weighted by Gasteiger charge is -2.09. The molecule has 0 unspecified atom stereocenters. The Balaban J connectivity index is 2.55. The van der Waals surface area contributed by atoms with Crippen LogP contribution in [0.5, 0.6) is 0 Å². The van der Waals surface area contributed by atoms with Gasteiger partial charge in [-0.1, -0.05) is 13.8 Å². The van der Waals surface area contributed by atoms with Crippen molar-refractivity contribution >= 4 is 5.82 Å². The van der Waals surface area contributed by atoms with E-state index < -0.39 is 0 Å². The quantitative estimate of drug-likeness (QED) is 0.693. The Morgan fingerprint density at radius 1 is 1.21 bits per heavy atom. The summed E-state index contributed by atoms with van der Waals surface area (Å²) in [5, 5.41) is 3.08. The van der Waals surface area contributed by atoms with E-state index >= 15 is 0 Å². The van der Waals surface area contributed by atoms with Crippen molar-refractivity contribution in [1.29, 1.82) is 0 Å². The number of aromatic nitrogens is 2. The minimum absolute atomic E-state index is 0.588. The Hall–Kier alpha value is -1.20. The molecule has 0 atom stereocenters. The van der Waals surface area contributed by atoms with Gasteiger partial charge < -0.3 is 14.8 Å². The van der Waals surface area contributed by atoms with Gasteiger partial charge in [-0.3, -0.25) is 0 Å². The molecule has 0 aliphatic rings. The number of methoxy groups -OCH3 is 1. The number of hydrogen-bond acceptors (Lipinski definition) is 5. The molecule has 108 valence electrons. The first kappa shape index (κ1) is 15.9. The average molecular weight is 267 g/mol. The summed E-state index contributed by atoms with van der Waals surface area (Å²) in [5.74, 6) is 2.29. The molecule has 1 rings (SSSR count). The van der Waals surface area contributed by atoms with Crippen LogP contribution in [0.1, 0.15) is 25.4 Å². The maximum Gasteiger partial charge on any atom is 0.133 e. The average Bonchev–Trinajstić information content (AvgIpc) is 2.37. The van der Waals surface area contributed by atoms with Gasteiger partial charge in [0.25, 0.3) is 0 Å². The molecule has 1 heterocycles. The topological polar surface area (TPSA) is 56.3 Å². The standard InChI is InChI=1S/C14H25N3O2/c1-11(2)9-12-10-14(15-3)17-13(16-12)5-6-19-8-7-18-4/h10-11H,5-9H2,1-4H3,(H,15,16,17). The third-order valence-corrected chi connectivity index (χ3v) is 2.60. The summed E-state index contributed by atoms with van der Waals surface area (Å²) < 4.78 is 10.4. The zero-order valence-corrected chi connectivity index (χ0v) is 12.4. The molecule has 5 nitrogen and oxygen atoms in total. The summed E-state index contributed by atoms with van der Waals surface area (Å²) in [6.07, 6.45) is 1.69. The van der Waals surface area contributed by atoms with Crippen LogP contribution in [0, 0.1) is 5.92 Å². The van der Waals surface area contributed by atoms with Gasteiger partial charge in [-0.05, 0) is 12.3 Å². The highest BCUT2D eigenvalue weighted by molar-refractivity contribution is 5.35. The van der Waals surface area contributed by atoms with Crippen LogP contribution in [0.3, 0.4) is 0 Å². The lowest BCUT2D eigenvalue weighted by atomic mass is 10.1. The smallest absolute Gasteiger partial charge is 0.133 e. The van der Waals surface area contributed by atoms with E-state index in [1.165, 1.54) is 0 Å². The van der Waals surface area contributed by atoms with Gasteiger partial charge in [0, 0.05) is 32.3 Å². The SMILES string of the molecule is CNc1cc(CC(C)C)nc(CCOCCOC)n1. The first-order valence-corrected chi connectivity index (χ1v) is 6.77. The van der Waals surface area contributed by atoms with Crippen LogP contribution < -0.4 is 5.32 Å². The van der Waals surface area contributed by atoms with Gasteiger partial charge in [0.2, 0.25) is 0 Å². The van der Waals surface area contributed by atoms with E-state index in [9.17, 15) is 0 Å². The highest BCUT2D eigenvalue weighted by Gasteiger charge is 2.06. The van der Waals surface area contributed by atoms with Crippen molar-refractivity contribution in [3.05, 3.63) is 17.6 Å². The molecule has 0 aliphatic heterocycles. The maximum atomic E-state index is 5.45. The lowest BCUT2D eigenvalue weighted by molar-refractivity contribution is 0.0716. The zero-order valence-electron chi connectivity index (χ0n) is 12.4. The summed E-state index contributed by atoms with van der Waals surface area (Å²) in [4.78, 5) is 9.02. The van der Waals surface area contributed by atoms with E-state index in [1.54, 1.807) is 7.11 Å². The van der Waals surface area contributed by atoms with Crippen molar-refractivity contribution in [2.45, 2.75) is 26.7 Å². The van der Waals surface area contributed by atoms with Gasteiger partial charge >= 0.3 is 0 Å². The number of hydrogen-bond donors (Lipinski definition) is 1. The molecule has 19 heavy (non-hydrogen) atoms. The van der Waals surface area contributed by atoms with Crippen LogP contribution >= 0.6 is 0 Å². The number of ether oxygens (including phenoxy) is 2. The predicted molar refractivity (Wildman–Crippen MR) is 76.5 cm³/mol. The molecule has 5 heteroatoms. The Morgan fingerprint density at radius 3 is 2.63 bits per heavy atom. The molecule has 0 aliphatic carbocycles. The fourth-order valence-electron chi connectivity index (χ4n) is 1.72. The molecule has 1 aromatic heterocycles. The molecule has 0 fully saturated rings. The molecule has 0 spiro atoms. The van der Waals surface area contributed by atoms with Crippen molar-refractivity contribution in [3.63, 3.8) is 0 Å². The first-order chi connectivity index (χ1) is 9.15.